The van der Waals surface area contributed by atoms with Crippen LogP contribution in [0.1, 0.15) is 38.3 Å². The Bertz CT molecular complexity index is 696. The second-order valence-corrected chi connectivity index (χ2v) is 7.30. The minimum Gasteiger partial charge on any atom is -0.369 e. The lowest BCUT2D eigenvalue weighted by Crippen LogP contribution is -2.54. The third kappa shape index (κ3) is 5.10. The summed E-state index contributed by atoms with van der Waals surface area (Å²) in [6, 6.07) is 20.8. The summed E-state index contributed by atoms with van der Waals surface area (Å²) in [5.74, 6) is 0.130. The molecule has 0 spiro atoms. The van der Waals surface area contributed by atoms with Gasteiger partial charge in [-0.3, -0.25) is 9.69 Å². The molecule has 1 fully saturated rings. The lowest BCUT2D eigenvalue weighted by atomic mass is 10.0. The van der Waals surface area contributed by atoms with Crippen molar-refractivity contribution in [3.05, 3.63) is 66.2 Å². The molecule has 0 radical (unpaired) electrons. The highest BCUT2D eigenvalue weighted by Gasteiger charge is 2.27. The molecule has 0 unspecified atom stereocenters. The average Bonchev–Trinajstić information content (AvgIpc) is 2.74. The minimum absolute atomic E-state index is 0.0942. The highest BCUT2D eigenvalue weighted by atomic mass is 16.2. The Morgan fingerprint density at radius 3 is 2.15 bits per heavy atom. The summed E-state index contributed by atoms with van der Waals surface area (Å²) in [6.07, 6.45) is 2.01. The normalized spacial score (nSPS) is 17.3. The predicted octanol–water partition coefficient (Wildman–Crippen LogP) is 3.85. The van der Waals surface area contributed by atoms with E-state index in [-0.39, 0.29) is 18.0 Å². The van der Waals surface area contributed by atoms with E-state index in [1.54, 1.807) is 0 Å². The van der Waals surface area contributed by atoms with Crippen LogP contribution in [0.4, 0.5) is 5.69 Å². The Hall–Kier alpha value is -2.33. The van der Waals surface area contributed by atoms with Crippen LogP contribution in [0.3, 0.4) is 0 Å². The van der Waals surface area contributed by atoms with Gasteiger partial charge in [-0.15, -0.1) is 0 Å². The van der Waals surface area contributed by atoms with E-state index in [2.05, 4.69) is 58.4 Å². The molecule has 144 valence electrons. The van der Waals surface area contributed by atoms with E-state index in [1.165, 1.54) is 11.3 Å². The minimum atomic E-state index is -0.106. The van der Waals surface area contributed by atoms with Crippen LogP contribution in [0, 0.1) is 0 Å². The Morgan fingerprint density at radius 1 is 0.963 bits per heavy atom. The maximum absolute atomic E-state index is 12.9. The first-order chi connectivity index (χ1) is 13.2. The first-order valence-corrected chi connectivity index (χ1v) is 10.1. The Labute approximate surface area is 163 Å². The summed E-state index contributed by atoms with van der Waals surface area (Å²) < 4.78 is 0. The molecule has 1 amide bonds. The van der Waals surface area contributed by atoms with Crippen LogP contribution in [0.2, 0.25) is 0 Å². The number of hydrogen-bond acceptors (Lipinski definition) is 3. The molecule has 0 aliphatic carbocycles. The lowest BCUT2D eigenvalue weighted by molar-refractivity contribution is -0.126. The van der Waals surface area contributed by atoms with Gasteiger partial charge < -0.3 is 10.2 Å². The number of carbonyl (C=O) groups is 1. The average molecular weight is 366 g/mol. The fourth-order valence-corrected chi connectivity index (χ4v) is 3.76. The number of hydrogen-bond donors (Lipinski definition) is 1. The van der Waals surface area contributed by atoms with E-state index in [1.807, 2.05) is 31.2 Å². The molecule has 0 saturated carbocycles. The van der Waals surface area contributed by atoms with Gasteiger partial charge in [-0.05, 0) is 31.0 Å². The summed E-state index contributed by atoms with van der Waals surface area (Å²) in [6.45, 7) is 7.92. The number of anilines is 1. The molecule has 1 heterocycles. The highest BCUT2D eigenvalue weighted by Crippen LogP contribution is 2.20. The number of carbonyl (C=O) groups excluding carboxylic acids is 1. The van der Waals surface area contributed by atoms with Gasteiger partial charge in [-0.2, -0.15) is 0 Å². The van der Waals surface area contributed by atoms with E-state index >= 15 is 0 Å². The van der Waals surface area contributed by atoms with E-state index in [9.17, 15) is 4.79 Å². The zero-order valence-corrected chi connectivity index (χ0v) is 16.5. The van der Waals surface area contributed by atoms with E-state index in [4.69, 9.17) is 0 Å². The molecule has 0 bridgehead atoms. The molecular formula is C23H31N3O. The van der Waals surface area contributed by atoms with Gasteiger partial charge in [0.05, 0.1) is 12.1 Å². The van der Waals surface area contributed by atoms with Gasteiger partial charge in [0.15, 0.2) is 0 Å². The molecule has 2 aromatic rings. The van der Waals surface area contributed by atoms with Gasteiger partial charge in [-0.25, -0.2) is 0 Å². The maximum Gasteiger partial charge on any atom is 0.237 e. The quantitative estimate of drug-likeness (QED) is 0.809. The summed E-state index contributed by atoms with van der Waals surface area (Å²) >= 11 is 0. The van der Waals surface area contributed by atoms with E-state index in [0.29, 0.717) is 0 Å². The fraction of sp³-hybridized carbons (Fsp3) is 0.435. The standard InChI is InChI=1S/C23H31N3O/c1-3-10-22(20-11-6-4-7-12-20)24-23(27)19(2)25-15-17-26(18-16-25)21-13-8-5-9-14-21/h4-9,11-14,19,22H,3,10,15-18H2,1-2H3,(H,24,27)/t19-,22+/m1/s1. The first kappa shape index (κ1) is 19.4. The third-order valence-electron chi connectivity index (χ3n) is 5.46. The van der Waals surface area contributed by atoms with Gasteiger partial charge in [0.25, 0.3) is 0 Å². The summed E-state index contributed by atoms with van der Waals surface area (Å²) in [4.78, 5) is 17.6. The fourth-order valence-electron chi connectivity index (χ4n) is 3.76. The molecule has 2 aromatic carbocycles. The van der Waals surface area contributed by atoms with Crippen molar-refractivity contribution in [2.45, 2.75) is 38.8 Å². The third-order valence-corrected chi connectivity index (χ3v) is 5.46. The van der Waals surface area contributed by atoms with Gasteiger partial charge in [0.2, 0.25) is 5.91 Å². The van der Waals surface area contributed by atoms with Gasteiger partial charge in [0, 0.05) is 31.9 Å². The topological polar surface area (TPSA) is 35.6 Å². The Kier molecular flexibility index (Phi) is 6.88. The highest BCUT2D eigenvalue weighted by molar-refractivity contribution is 5.81. The number of piperazine rings is 1. The Balaban J connectivity index is 1.55. The van der Waals surface area contributed by atoms with Crippen LogP contribution < -0.4 is 10.2 Å². The molecule has 1 N–H and O–H groups in total. The SMILES string of the molecule is CCC[C@H](NC(=O)[C@@H](C)N1CCN(c2ccccc2)CC1)c1ccccc1. The van der Waals surface area contributed by atoms with Crippen molar-refractivity contribution in [3.63, 3.8) is 0 Å². The first-order valence-electron chi connectivity index (χ1n) is 10.1. The molecule has 3 rings (SSSR count). The van der Waals surface area contributed by atoms with E-state index in [0.717, 1.165) is 39.0 Å². The van der Waals surface area contributed by atoms with Gasteiger partial charge >= 0.3 is 0 Å². The zero-order valence-electron chi connectivity index (χ0n) is 16.5. The molecule has 2 atom stereocenters. The molecule has 0 aromatic heterocycles. The van der Waals surface area contributed by atoms with Crippen molar-refractivity contribution in [1.29, 1.82) is 0 Å². The van der Waals surface area contributed by atoms with Gasteiger partial charge in [-0.1, -0.05) is 61.9 Å². The van der Waals surface area contributed by atoms with Crippen molar-refractivity contribution in [3.8, 4) is 0 Å². The Morgan fingerprint density at radius 2 is 1.56 bits per heavy atom. The van der Waals surface area contributed by atoms with Crippen molar-refractivity contribution >= 4 is 11.6 Å². The lowest BCUT2D eigenvalue weighted by Gasteiger charge is -2.39. The number of amides is 1. The molecule has 27 heavy (non-hydrogen) atoms. The van der Waals surface area contributed by atoms with Crippen molar-refractivity contribution < 1.29 is 4.79 Å². The summed E-state index contributed by atoms with van der Waals surface area (Å²) in [5, 5.41) is 3.28. The van der Waals surface area contributed by atoms with Crippen LogP contribution in [-0.4, -0.2) is 43.0 Å². The second kappa shape index (κ2) is 9.56. The predicted molar refractivity (Wildman–Crippen MR) is 112 cm³/mol. The summed E-state index contributed by atoms with van der Waals surface area (Å²) in [5.41, 5.74) is 2.45. The van der Waals surface area contributed by atoms with Crippen LogP contribution in [0.15, 0.2) is 60.7 Å². The monoisotopic (exact) mass is 365 g/mol. The second-order valence-electron chi connectivity index (χ2n) is 7.30. The van der Waals surface area contributed by atoms with Crippen molar-refractivity contribution in [2.24, 2.45) is 0 Å². The van der Waals surface area contributed by atoms with Crippen LogP contribution in [0.25, 0.3) is 0 Å². The number of para-hydroxylation sites is 1. The van der Waals surface area contributed by atoms with Crippen LogP contribution in [-0.2, 0) is 4.79 Å². The molecule has 1 saturated heterocycles. The number of nitrogens with zero attached hydrogens (tertiary/aromatic N) is 2. The van der Waals surface area contributed by atoms with Crippen LogP contribution >= 0.6 is 0 Å². The smallest absolute Gasteiger partial charge is 0.237 e. The molecule has 1 aliphatic rings. The largest absolute Gasteiger partial charge is 0.369 e. The number of rotatable bonds is 7. The molecule has 4 nitrogen and oxygen atoms in total. The summed E-state index contributed by atoms with van der Waals surface area (Å²) in [7, 11) is 0. The molecule has 1 aliphatic heterocycles. The van der Waals surface area contributed by atoms with E-state index < -0.39 is 0 Å². The number of benzene rings is 2. The van der Waals surface area contributed by atoms with Gasteiger partial charge in [0.1, 0.15) is 0 Å². The van der Waals surface area contributed by atoms with Crippen molar-refractivity contribution in [2.75, 3.05) is 31.1 Å². The molecule has 4 heteroatoms. The molecular weight excluding hydrogens is 334 g/mol. The van der Waals surface area contributed by atoms with Crippen molar-refractivity contribution in [1.82, 2.24) is 10.2 Å². The van der Waals surface area contributed by atoms with Crippen LogP contribution in [0.5, 0.6) is 0 Å². The maximum atomic E-state index is 12.9. The number of nitrogens with one attached hydrogen (secondary N) is 1. The zero-order chi connectivity index (χ0) is 19.1.